The van der Waals surface area contributed by atoms with Gasteiger partial charge in [-0.25, -0.2) is 0 Å². The summed E-state index contributed by atoms with van der Waals surface area (Å²) in [6, 6.07) is 17.4. The third-order valence-corrected chi connectivity index (χ3v) is 3.91. The molecule has 90 valence electrons. The molecule has 0 amide bonds. The highest BCUT2D eigenvalue weighted by atomic mass is 14.3. The lowest BCUT2D eigenvalue weighted by Gasteiger charge is -2.16. The first kappa shape index (κ1) is 11.3. The van der Waals surface area contributed by atoms with Crippen LogP contribution in [0.25, 0.3) is 17.2 Å². The van der Waals surface area contributed by atoms with Gasteiger partial charge >= 0.3 is 0 Å². The Balaban J connectivity index is 2.19. The van der Waals surface area contributed by atoms with E-state index in [1.165, 1.54) is 34.2 Å². The molecule has 0 aromatic heterocycles. The van der Waals surface area contributed by atoms with E-state index in [0.29, 0.717) is 5.92 Å². The van der Waals surface area contributed by atoms with Crippen molar-refractivity contribution in [3.05, 3.63) is 65.2 Å². The van der Waals surface area contributed by atoms with Gasteiger partial charge in [-0.05, 0) is 35.6 Å². The molecule has 0 fully saturated rings. The number of benzene rings is 2. The smallest absolute Gasteiger partial charge is 0.00582 e. The predicted octanol–water partition coefficient (Wildman–Crippen LogP) is 5.26. The van der Waals surface area contributed by atoms with Gasteiger partial charge in [0.25, 0.3) is 0 Å². The Morgan fingerprint density at radius 1 is 0.944 bits per heavy atom. The molecule has 0 heterocycles. The van der Waals surface area contributed by atoms with Gasteiger partial charge in [0.05, 0.1) is 0 Å². The average Bonchev–Trinajstić information content (AvgIpc) is 2.74. The first-order valence-electron chi connectivity index (χ1n) is 6.67. The lowest BCUT2D eigenvalue weighted by molar-refractivity contribution is 0.778. The van der Waals surface area contributed by atoms with E-state index in [9.17, 15) is 0 Å². The molecular weight excluding hydrogens is 216 g/mol. The summed E-state index contributed by atoms with van der Waals surface area (Å²) < 4.78 is 0. The van der Waals surface area contributed by atoms with Crippen LogP contribution in [0.5, 0.6) is 0 Å². The zero-order valence-corrected chi connectivity index (χ0v) is 11.0. The monoisotopic (exact) mass is 234 g/mol. The normalized spacial score (nSPS) is 17.4. The minimum Gasteiger partial charge on any atom is -0.0652 e. The minimum atomic E-state index is 0.594. The molecule has 2 aromatic carbocycles. The Labute approximate surface area is 109 Å². The molecule has 1 unspecified atom stereocenters. The van der Waals surface area contributed by atoms with Crippen molar-refractivity contribution < 1.29 is 0 Å². The van der Waals surface area contributed by atoms with Crippen molar-refractivity contribution in [3.8, 4) is 11.1 Å². The first-order valence-corrected chi connectivity index (χ1v) is 6.67. The third kappa shape index (κ3) is 1.69. The van der Waals surface area contributed by atoms with Gasteiger partial charge in [0.15, 0.2) is 0 Å². The van der Waals surface area contributed by atoms with Crippen LogP contribution in [0.4, 0.5) is 0 Å². The summed E-state index contributed by atoms with van der Waals surface area (Å²) in [6.07, 6.45) is 3.52. The second-order valence-corrected chi connectivity index (χ2v) is 5.02. The molecule has 1 atom stereocenters. The Kier molecular flexibility index (Phi) is 2.79. The number of hydrogen-bond donors (Lipinski definition) is 0. The van der Waals surface area contributed by atoms with Gasteiger partial charge in [-0.3, -0.25) is 0 Å². The minimum absolute atomic E-state index is 0.594. The summed E-state index contributed by atoms with van der Waals surface area (Å²) in [6.45, 7) is 4.53. The molecule has 0 nitrogen and oxygen atoms in total. The summed E-state index contributed by atoms with van der Waals surface area (Å²) in [5, 5.41) is 0. The lowest BCUT2D eigenvalue weighted by Crippen LogP contribution is -1.98. The maximum Gasteiger partial charge on any atom is 0.00582 e. The number of hydrogen-bond acceptors (Lipinski definition) is 0. The van der Waals surface area contributed by atoms with Crippen molar-refractivity contribution >= 4 is 6.08 Å². The molecule has 0 aliphatic heterocycles. The van der Waals surface area contributed by atoms with Crippen molar-refractivity contribution in [1.82, 2.24) is 0 Å². The summed E-state index contributed by atoms with van der Waals surface area (Å²) in [5.41, 5.74) is 7.14. The predicted molar refractivity (Wildman–Crippen MR) is 78.6 cm³/mol. The fourth-order valence-electron chi connectivity index (χ4n) is 3.07. The van der Waals surface area contributed by atoms with Crippen molar-refractivity contribution in [1.29, 1.82) is 0 Å². The van der Waals surface area contributed by atoms with Crippen LogP contribution in [-0.2, 0) is 0 Å². The zero-order chi connectivity index (χ0) is 12.5. The molecule has 0 heteroatoms. The molecule has 0 N–H and O–H groups in total. The average molecular weight is 234 g/mol. The zero-order valence-electron chi connectivity index (χ0n) is 11.0. The highest BCUT2D eigenvalue weighted by Crippen LogP contribution is 2.43. The van der Waals surface area contributed by atoms with E-state index >= 15 is 0 Å². The summed E-state index contributed by atoms with van der Waals surface area (Å²) in [7, 11) is 0. The van der Waals surface area contributed by atoms with Crippen LogP contribution in [0.2, 0.25) is 0 Å². The second kappa shape index (κ2) is 4.45. The van der Waals surface area contributed by atoms with Crippen LogP contribution in [0.15, 0.2) is 54.1 Å². The highest BCUT2D eigenvalue weighted by molar-refractivity contribution is 5.78. The number of rotatable bonds is 2. The molecule has 3 rings (SSSR count). The quantitative estimate of drug-likeness (QED) is 0.664. The maximum absolute atomic E-state index is 2.34. The molecule has 0 saturated heterocycles. The summed E-state index contributed by atoms with van der Waals surface area (Å²) in [5.74, 6) is 0.594. The van der Waals surface area contributed by atoms with Gasteiger partial charge in [-0.2, -0.15) is 0 Å². The van der Waals surface area contributed by atoms with Crippen molar-refractivity contribution in [3.63, 3.8) is 0 Å². The Morgan fingerprint density at radius 3 is 2.44 bits per heavy atom. The Morgan fingerprint density at radius 2 is 1.72 bits per heavy atom. The van der Waals surface area contributed by atoms with Gasteiger partial charge in [0.2, 0.25) is 0 Å². The van der Waals surface area contributed by atoms with Crippen molar-refractivity contribution in [2.24, 2.45) is 0 Å². The molecule has 0 bridgehead atoms. The van der Waals surface area contributed by atoms with Crippen LogP contribution < -0.4 is 0 Å². The number of fused-ring (bicyclic) bond motifs is 1. The van der Waals surface area contributed by atoms with E-state index in [4.69, 9.17) is 0 Å². The van der Waals surface area contributed by atoms with Crippen LogP contribution in [0, 0.1) is 0 Å². The largest absolute Gasteiger partial charge is 0.0652 e. The van der Waals surface area contributed by atoms with Crippen LogP contribution >= 0.6 is 0 Å². The van der Waals surface area contributed by atoms with Crippen LogP contribution in [0.3, 0.4) is 0 Å². The van der Waals surface area contributed by atoms with E-state index in [-0.39, 0.29) is 0 Å². The van der Waals surface area contributed by atoms with Gasteiger partial charge in [0, 0.05) is 5.92 Å². The SMILES string of the molecule is CCC1C(C)=Cc2cccc(-c3ccccc3)c21. The van der Waals surface area contributed by atoms with E-state index in [1.807, 2.05) is 0 Å². The molecule has 18 heavy (non-hydrogen) atoms. The van der Waals surface area contributed by atoms with Gasteiger partial charge in [-0.15, -0.1) is 0 Å². The van der Waals surface area contributed by atoms with Crippen LogP contribution in [0.1, 0.15) is 37.3 Å². The standard InChI is InChI=1S/C18H18/c1-3-16-13(2)12-15-10-7-11-17(18(15)16)14-8-5-4-6-9-14/h4-12,16H,3H2,1-2H3. The molecule has 1 aliphatic carbocycles. The Bertz CT molecular complexity index is 591. The summed E-state index contributed by atoms with van der Waals surface area (Å²) in [4.78, 5) is 0. The third-order valence-electron chi connectivity index (χ3n) is 3.91. The fourth-order valence-corrected chi connectivity index (χ4v) is 3.07. The van der Waals surface area contributed by atoms with Gasteiger partial charge in [-0.1, -0.05) is 67.1 Å². The van der Waals surface area contributed by atoms with Crippen molar-refractivity contribution in [2.45, 2.75) is 26.2 Å². The van der Waals surface area contributed by atoms with Crippen LogP contribution in [-0.4, -0.2) is 0 Å². The van der Waals surface area contributed by atoms with E-state index < -0.39 is 0 Å². The first-order chi connectivity index (χ1) is 8.81. The lowest BCUT2D eigenvalue weighted by atomic mass is 9.87. The number of allylic oxidation sites excluding steroid dienone is 1. The molecule has 0 saturated carbocycles. The van der Waals surface area contributed by atoms with Gasteiger partial charge in [0.1, 0.15) is 0 Å². The maximum atomic E-state index is 2.34. The van der Waals surface area contributed by atoms with E-state index in [2.05, 4.69) is 68.5 Å². The van der Waals surface area contributed by atoms with Crippen molar-refractivity contribution in [2.75, 3.05) is 0 Å². The summed E-state index contributed by atoms with van der Waals surface area (Å²) >= 11 is 0. The molecular formula is C18H18. The molecule has 2 aromatic rings. The fraction of sp³-hybridized carbons (Fsp3) is 0.222. The highest BCUT2D eigenvalue weighted by Gasteiger charge is 2.23. The van der Waals surface area contributed by atoms with E-state index in [1.54, 1.807) is 0 Å². The second-order valence-electron chi connectivity index (χ2n) is 5.02. The van der Waals surface area contributed by atoms with Gasteiger partial charge < -0.3 is 0 Å². The molecule has 1 aliphatic rings. The topological polar surface area (TPSA) is 0 Å². The van der Waals surface area contributed by atoms with E-state index in [0.717, 1.165) is 0 Å². The molecule has 0 radical (unpaired) electrons. The Hall–Kier alpha value is -1.82. The molecule has 0 spiro atoms.